The van der Waals surface area contributed by atoms with Crippen molar-refractivity contribution in [2.45, 2.75) is 44.1 Å². The average molecular weight is 223 g/mol. The van der Waals surface area contributed by atoms with Crippen LogP contribution in [0.15, 0.2) is 0 Å². The van der Waals surface area contributed by atoms with Crippen molar-refractivity contribution in [2.75, 3.05) is 27.2 Å². The highest BCUT2D eigenvalue weighted by molar-refractivity contribution is 5.03. The molecule has 0 aromatic rings. The van der Waals surface area contributed by atoms with Crippen molar-refractivity contribution in [1.29, 1.82) is 0 Å². The van der Waals surface area contributed by atoms with Gasteiger partial charge >= 0.3 is 0 Å². The zero-order valence-corrected chi connectivity index (χ0v) is 10.7. The summed E-state index contributed by atoms with van der Waals surface area (Å²) in [6.45, 7) is 2.00. The molecule has 4 aliphatic carbocycles. The Morgan fingerprint density at radius 2 is 1.50 bits per heavy atom. The van der Waals surface area contributed by atoms with Gasteiger partial charge in [0.05, 0.1) is 12.2 Å². The molecule has 4 saturated carbocycles. The van der Waals surface area contributed by atoms with E-state index < -0.39 is 0 Å². The van der Waals surface area contributed by atoms with E-state index in [4.69, 9.17) is 4.74 Å². The van der Waals surface area contributed by atoms with E-state index in [-0.39, 0.29) is 0 Å². The van der Waals surface area contributed by atoms with E-state index in [0.717, 1.165) is 30.9 Å². The maximum Gasteiger partial charge on any atom is 0.0691 e. The quantitative estimate of drug-likeness (QED) is 0.726. The molecule has 4 aliphatic rings. The number of nitrogens with zero attached hydrogens (tertiary/aromatic N) is 1. The van der Waals surface area contributed by atoms with Crippen LogP contribution in [0.4, 0.5) is 0 Å². The van der Waals surface area contributed by atoms with Crippen molar-refractivity contribution in [3.63, 3.8) is 0 Å². The highest BCUT2D eigenvalue weighted by Gasteiger charge is 2.51. The molecule has 0 aromatic carbocycles. The summed E-state index contributed by atoms with van der Waals surface area (Å²) >= 11 is 0. The van der Waals surface area contributed by atoms with Crippen molar-refractivity contribution in [1.82, 2.24) is 4.90 Å². The molecule has 0 aliphatic heterocycles. The number of hydrogen-bond donors (Lipinski definition) is 0. The Morgan fingerprint density at radius 1 is 1.00 bits per heavy atom. The van der Waals surface area contributed by atoms with Gasteiger partial charge in [-0.1, -0.05) is 0 Å². The first-order valence-corrected chi connectivity index (χ1v) is 6.94. The Balaban J connectivity index is 1.60. The SMILES string of the molecule is CN(C)CCOC12CC3CC(CC(C3)C1)C2. The zero-order valence-electron chi connectivity index (χ0n) is 10.7. The van der Waals surface area contributed by atoms with Crippen molar-refractivity contribution < 1.29 is 4.74 Å². The molecule has 0 spiro atoms. The number of rotatable bonds is 4. The number of hydrogen-bond acceptors (Lipinski definition) is 2. The fraction of sp³-hybridized carbons (Fsp3) is 1.00. The molecule has 0 aromatic heterocycles. The Labute approximate surface area is 99.3 Å². The van der Waals surface area contributed by atoms with Gasteiger partial charge in [-0.05, 0) is 70.4 Å². The molecule has 0 saturated heterocycles. The minimum absolute atomic E-state index is 0.310. The summed E-state index contributed by atoms with van der Waals surface area (Å²) in [5.41, 5.74) is 0.310. The normalized spacial score (nSPS) is 45.6. The smallest absolute Gasteiger partial charge is 0.0691 e. The van der Waals surface area contributed by atoms with Gasteiger partial charge in [0.15, 0.2) is 0 Å². The van der Waals surface area contributed by atoms with Crippen LogP contribution in [0.25, 0.3) is 0 Å². The van der Waals surface area contributed by atoms with Crippen molar-refractivity contribution in [3.8, 4) is 0 Å². The summed E-state index contributed by atoms with van der Waals surface area (Å²) in [6, 6.07) is 0. The maximum atomic E-state index is 6.31. The maximum absolute atomic E-state index is 6.31. The third kappa shape index (κ3) is 2.02. The molecule has 0 heterocycles. The summed E-state index contributed by atoms with van der Waals surface area (Å²) in [7, 11) is 4.26. The van der Waals surface area contributed by atoms with Crippen LogP contribution in [0.1, 0.15) is 38.5 Å². The van der Waals surface area contributed by atoms with Gasteiger partial charge in [0.25, 0.3) is 0 Å². The second-order valence-electron chi connectivity index (χ2n) is 6.75. The molecule has 4 rings (SSSR count). The fourth-order valence-corrected chi connectivity index (χ4v) is 4.65. The molecule has 0 N–H and O–H groups in total. The van der Waals surface area contributed by atoms with Gasteiger partial charge in [-0.3, -0.25) is 0 Å². The molecule has 0 amide bonds. The molecule has 0 radical (unpaired) electrons. The van der Waals surface area contributed by atoms with Crippen molar-refractivity contribution >= 4 is 0 Å². The molecule has 2 heteroatoms. The number of ether oxygens (including phenoxy) is 1. The topological polar surface area (TPSA) is 12.5 Å². The van der Waals surface area contributed by atoms with Gasteiger partial charge in [-0.15, -0.1) is 0 Å². The predicted molar refractivity (Wildman–Crippen MR) is 65.4 cm³/mol. The zero-order chi connectivity index (χ0) is 11.2. The van der Waals surface area contributed by atoms with Crippen LogP contribution in [0.5, 0.6) is 0 Å². The van der Waals surface area contributed by atoms with E-state index in [0.29, 0.717) is 5.60 Å². The second-order valence-corrected chi connectivity index (χ2v) is 6.75. The van der Waals surface area contributed by atoms with E-state index in [1.807, 2.05) is 0 Å². The van der Waals surface area contributed by atoms with Crippen LogP contribution in [-0.2, 0) is 4.74 Å². The summed E-state index contributed by atoms with van der Waals surface area (Å²) in [6.07, 6.45) is 8.63. The van der Waals surface area contributed by atoms with E-state index in [1.54, 1.807) is 0 Å². The Morgan fingerprint density at radius 3 is 1.94 bits per heavy atom. The molecule has 2 nitrogen and oxygen atoms in total. The molecule has 92 valence electrons. The van der Waals surface area contributed by atoms with Crippen LogP contribution >= 0.6 is 0 Å². The molecular formula is C14H25NO. The minimum Gasteiger partial charge on any atom is -0.374 e. The highest BCUT2D eigenvalue weighted by atomic mass is 16.5. The van der Waals surface area contributed by atoms with Crippen LogP contribution in [0.3, 0.4) is 0 Å². The standard InChI is InChI=1S/C14H25NO/c1-15(2)3-4-16-14-8-11-5-12(9-14)7-13(6-11)10-14/h11-13H,3-10H2,1-2H3. The van der Waals surface area contributed by atoms with Gasteiger partial charge in [0, 0.05) is 6.54 Å². The highest BCUT2D eigenvalue weighted by Crippen LogP contribution is 2.56. The molecule has 16 heavy (non-hydrogen) atoms. The Bertz CT molecular complexity index is 226. The predicted octanol–water partition coefficient (Wildman–Crippen LogP) is 2.53. The molecule has 0 atom stereocenters. The summed E-state index contributed by atoms with van der Waals surface area (Å²) < 4.78 is 6.31. The van der Waals surface area contributed by atoms with Gasteiger partial charge in [-0.2, -0.15) is 0 Å². The van der Waals surface area contributed by atoms with E-state index in [9.17, 15) is 0 Å². The lowest BCUT2D eigenvalue weighted by molar-refractivity contribution is -0.163. The van der Waals surface area contributed by atoms with E-state index >= 15 is 0 Å². The van der Waals surface area contributed by atoms with Gasteiger partial charge < -0.3 is 9.64 Å². The fourth-order valence-electron chi connectivity index (χ4n) is 4.65. The lowest BCUT2D eigenvalue weighted by Gasteiger charge is -2.56. The Hall–Kier alpha value is -0.0800. The first-order chi connectivity index (χ1) is 7.65. The third-order valence-corrected chi connectivity index (χ3v) is 4.93. The third-order valence-electron chi connectivity index (χ3n) is 4.93. The first kappa shape index (κ1) is 11.0. The molecular weight excluding hydrogens is 198 g/mol. The lowest BCUT2D eigenvalue weighted by atomic mass is 9.54. The summed E-state index contributed by atoms with van der Waals surface area (Å²) in [4.78, 5) is 2.22. The van der Waals surface area contributed by atoms with Gasteiger partial charge in [0.2, 0.25) is 0 Å². The largest absolute Gasteiger partial charge is 0.374 e. The average Bonchev–Trinajstić information content (AvgIpc) is 2.13. The summed E-state index contributed by atoms with van der Waals surface area (Å²) in [5, 5.41) is 0. The van der Waals surface area contributed by atoms with Crippen LogP contribution in [0, 0.1) is 17.8 Å². The van der Waals surface area contributed by atoms with Crippen LogP contribution < -0.4 is 0 Å². The molecule has 0 unspecified atom stereocenters. The Kier molecular flexibility index (Phi) is 2.75. The van der Waals surface area contributed by atoms with Crippen molar-refractivity contribution in [3.05, 3.63) is 0 Å². The minimum atomic E-state index is 0.310. The monoisotopic (exact) mass is 223 g/mol. The first-order valence-electron chi connectivity index (χ1n) is 6.94. The number of likely N-dealkylation sites (N-methyl/N-ethyl adjacent to an activating group) is 1. The lowest BCUT2D eigenvalue weighted by Crippen LogP contribution is -2.52. The second kappa shape index (κ2) is 3.99. The van der Waals surface area contributed by atoms with Crippen molar-refractivity contribution in [2.24, 2.45) is 17.8 Å². The van der Waals surface area contributed by atoms with E-state index in [2.05, 4.69) is 19.0 Å². The summed E-state index contributed by atoms with van der Waals surface area (Å²) in [5.74, 6) is 3.02. The van der Waals surface area contributed by atoms with Crippen LogP contribution in [-0.4, -0.2) is 37.7 Å². The van der Waals surface area contributed by atoms with Crippen LogP contribution in [0.2, 0.25) is 0 Å². The van der Waals surface area contributed by atoms with Gasteiger partial charge in [0.1, 0.15) is 0 Å². The van der Waals surface area contributed by atoms with Gasteiger partial charge in [-0.25, -0.2) is 0 Å². The molecule has 4 bridgehead atoms. The van der Waals surface area contributed by atoms with E-state index in [1.165, 1.54) is 38.5 Å². The molecule has 4 fully saturated rings.